The van der Waals surface area contributed by atoms with Crippen molar-refractivity contribution in [2.45, 2.75) is 0 Å². The molecule has 0 saturated heterocycles. The molecule has 0 N–H and O–H groups in total. The normalized spacial score (nSPS) is 12.0. The molecule has 0 atom stereocenters. The zero-order valence-corrected chi connectivity index (χ0v) is 24.3. The maximum absolute atomic E-state index is 6.91. The summed E-state index contributed by atoms with van der Waals surface area (Å²) in [5.74, 6) is 0. The molecule has 0 aliphatic rings. The van der Waals surface area contributed by atoms with Gasteiger partial charge in [-0.3, -0.25) is 4.98 Å². The molecule has 2 heteroatoms. The first-order chi connectivity index (χ1) is 22.3. The van der Waals surface area contributed by atoms with Crippen LogP contribution in [0.5, 0.6) is 0 Å². The van der Waals surface area contributed by atoms with Crippen LogP contribution in [0, 0.1) is 0 Å². The summed E-state index contributed by atoms with van der Waals surface area (Å²) in [5.41, 5.74) is 7.51. The van der Waals surface area contributed by atoms with Gasteiger partial charge in [0.15, 0.2) is 0 Å². The Balaban J connectivity index is 1.42. The molecule has 208 valence electrons. The second kappa shape index (κ2) is 9.25. The van der Waals surface area contributed by atoms with Crippen molar-refractivity contribution in [3.05, 3.63) is 152 Å². The lowest BCUT2D eigenvalue weighted by Gasteiger charge is -2.19. The second-order valence-electron chi connectivity index (χ2n) is 11.8. The summed E-state index contributed by atoms with van der Waals surface area (Å²) < 4.78 is 6.91. The number of aromatic nitrogens is 1. The monoisotopic (exact) mass is 571 g/mol. The molecule has 0 saturated carbocycles. The topological polar surface area (TPSA) is 26.0 Å². The van der Waals surface area contributed by atoms with Crippen molar-refractivity contribution in [3.8, 4) is 22.3 Å². The van der Waals surface area contributed by atoms with E-state index in [1.807, 2.05) is 12.3 Å². The van der Waals surface area contributed by atoms with Gasteiger partial charge in [-0.25, -0.2) is 0 Å². The van der Waals surface area contributed by atoms with Crippen LogP contribution in [-0.2, 0) is 0 Å². The van der Waals surface area contributed by atoms with Gasteiger partial charge < -0.3 is 4.42 Å². The molecular weight excluding hydrogens is 546 g/mol. The Kier molecular flexibility index (Phi) is 5.03. The quantitative estimate of drug-likeness (QED) is 0.193. The maximum Gasteiger partial charge on any atom is 0.143 e. The van der Waals surface area contributed by atoms with Crippen LogP contribution >= 0.6 is 0 Å². The molecule has 0 fully saturated rings. The predicted octanol–water partition coefficient (Wildman–Crippen LogP) is 12.1. The minimum Gasteiger partial charge on any atom is -0.455 e. The Morgan fingerprint density at radius 3 is 1.67 bits per heavy atom. The van der Waals surface area contributed by atoms with E-state index in [4.69, 9.17) is 9.40 Å². The first-order valence-electron chi connectivity index (χ1n) is 15.4. The van der Waals surface area contributed by atoms with Crippen molar-refractivity contribution in [1.29, 1.82) is 0 Å². The van der Waals surface area contributed by atoms with E-state index in [9.17, 15) is 0 Å². The van der Waals surface area contributed by atoms with Gasteiger partial charge in [0.2, 0.25) is 0 Å². The molecule has 0 amide bonds. The molecule has 45 heavy (non-hydrogen) atoms. The number of para-hydroxylation sites is 1. The first-order valence-corrected chi connectivity index (χ1v) is 15.4. The summed E-state index contributed by atoms with van der Waals surface area (Å²) in [5, 5.41) is 13.1. The average Bonchev–Trinajstić information content (AvgIpc) is 3.51. The van der Waals surface area contributed by atoms with Crippen molar-refractivity contribution in [1.82, 2.24) is 4.98 Å². The molecule has 0 bridgehead atoms. The Morgan fingerprint density at radius 1 is 0.400 bits per heavy atom. The van der Waals surface area contributed by atoms with Crippen LogP contribution in [0.15, 0.2) is 156 Å². The Morgan fingerprint density at radius 2 is 0.956 bits per heavy atom. The van der Waals surface area contributed by atoms with E-state index in [0.717, 1.165) is 33.2 Å². The molecule has 0 spiro atoms. The van der Waals surface area contributed by atoms with E-state index in [1.54, 1.807) is 0 Å². The number of fused-ring (bicyclic) bond motifs is 10. The summed E-state index contributed by atoms with van der Waals surface area (Å²) in [6.45, 7) is 0. The van der Waals surface area contributed by atoms with Gasteiger partial charge in [-0.2, -0.15) is 0 Å². The smallest absolute Gasteiger partial charge is 0.143 e. The second-order valence-corrected chi connectivity index (χ2v) is 11.8. The van der Waals surface area contributed by atoms with Gasteiger partial charge in [-0.05, 0) is 66.9 Å². The predicted molar refractivity (Wildman–Crippen MR) is 190 cm³/mol. The van der Waals surface area contributed by atoms with Crippen LogP contribution in [0.3, 0.4) is 0 Å². The minimum atomic E-state index is 0.911. The van der Waals surface area contributed by atoms with Gasteiger partial charge in [0, 0.05) is 39.0 Å². The van der Waals surface area contributed by atoms with E-state index in [2.05, 4.69) is 140 Å². The van der Waals surface area contributed by atoms with Gasteiger partial charge in [-0.15, -0.1) is 0 Å². The lowest BCUT2D eigenvalue weighted by Crippen LogP contribution is -1.93. The number of rotatable bonds is 2. The third-order valence-electron chi connectivity index (χ3n) is 9.46. The number of pyridine rings is 1. The highest BCUT2D eigenvalue weighted by atomic mass is 16.3. The molecule has 2 heterocycles. The summed E-state index contributed by atoms with van der Waals surface area (Å²) in [6, 6.07) is 52.2. The SMILES string of the molecule is c1cnc2c(-c3c4ccccc4c(-c4cc5ccccc5c5c4oc4ccc6ccccc6c45)c4ccccc34)cccc2c1. The van der Waals surface area contributed by atoms with Gasteiger partial charge in [0.25, 0.3) is 0 Å². The van der Waals surface area contributed by atoms with Crippen LogP contribution in [-0.4, -0.2) is 4.98 Å². The Bertz CT molecular complexity index is 2760. The molecular formula is C43H25NO. The maximum atomic E-state index is 6.91. The fraction of sp³-hybridized carbons (Fsp3) is 0. The molecule has 10 rings (SSSR count). The summed E-state index contributed by atoms with van der Waals surface area (Å²) in [6.07, 6.45) is 1.89. The van der Waals surface area contributed by atoms with Crippen LogP contribution < -0.4 is 0 Å². The number of nitrogens with zero attached hydrogens (tertiary/aromatic N) is 1. The fourth-order valence-electron chi connectivity index (χ4n) is 7.59. The third kappa shape index (κ3) is 3.42. The molecule has 0 aliphatic heterocycles. The largest absolute Gasteiger partial charge is 0.455 e. The number of benzene rings is 8. The Labute approximate surface area is 258 Å². The fourth-order valence-corrected chi connectivity index (χ4v) is 7.59. The summed E-state index contributed by atoms with van der Waals surface area (Å²) >= 11 is 0. The van der Waals surface area contributed by atoms with Crippen molar-refractivity contribution in [2.75, 3.05) is 0 Å². The highest BCUT2D eigenvalue weighted by Gasteiger charge is 2.23. The lowest BCUT2D eigenvalue weighted by atomic mass is 9.84. The van der Waals surface area contributed by atoms with Crippen LogP contribution in [0.4, 0.5) is 0 Å². The van der Waals surface area contributed by atoms with Gasteiger partial charge in [0.1, 0.15) is 11.2 Å². The van der Waals surface area contributed by atoms with E-state index < -0.39 is 0 Å². The first kappa shape index (κ1) is 24.5. The summed E-state index contributed by atoms with van der Waals surface area (Å²) in [7, 11) is 0. The number of furan rings is 1. The molecule has 2 nitrogen and oxygen atoms in total. The number of hydrogen-bond donors (Lipinski definition) is 0. The van der Waals surface area contributed by atoms with Crippen LogP contribution in [0.2, 0.25) is 0 Å². The molecule has 2 aromatic heterocycles. The summed E-state index contributed by atoms with van der Waals surface area (Å²) in [4.78, 5) is 4.86. The Hall–Kier alpha value is -5.99. The molecule has 10 aromatic rings. The van der Waals surface area contributed by atoms with Crippen molar-refractivity contribution in [2.24, 2.45) is 0 Å². The standard InChI is InChI=1S/C43H25NO/c1-3-15-29-26(11-1)22-23-37-40(29)41-30-16-4-2-12-28(30)25-36(43(41)45-37)39-33-19-7-5-17-31(33)38(32-18-6-8-20-34(32)39)35-21-9-13-27-14-10-24-44-42(27)35/h1-25H. The highest BCUT2D eigenvalue weighted by molar-refractivity contribution is 6.32. The van der Waals surface area contributed by atoms with Crippen LogP contribution in [0.1, 0.15) is 0 Å². The third-order valence-corrected chi connectivity index (χ3v) is 9.46. The zero-order chi connectivity index (χ0) is 29.5. The van der Waals surface area contributed by atoms with E-state index in [1.165, 1.54) is 65.0 Å². The van der Waals surface area contributed by atoms with Crippen molar-refractivity contribution >= 4 is 75.9 Å². The van der Waals surface area contributed by atoms with Gasteiger partial charge in [-0.1, -0.05) is 127 Å². The molecule has 0 radical (unpaired) electrons. The number of hydrogen-bond acceptors (Lipinski definition) is 2. The zero-order valence-electron chi connectivity index (χ0n) is 24.3. The molecule has 0 aliphatic carbocycles. The van der Waals surface area contributed by atoms with E-state index in [-0.39, 0.29) is 0 Å². The van der Waals surface area contributed by atoms with Gasteiger partial charge in [0.05, 0.1) is 5.52 Å². The molecule has 0 unspecified atom stereocenters. The van der Waals surface area contributed by atoms with E-state index >= 15 is 0 Å². The van der Waals surface area contributed by atoms with Gasteiger partial charge >= 0.3 is 0 Å². The molecule has 8 aromatic carbocycles. The minimum absolute atomic E-state index is 0.911. The highest BCUT2D eigenvalue weighted by Crippen LogP contribution is 2.49. The average molecular weight is 572 g/mol. The van der Waals surface area contributed by atoms with Crippen molar-refractivity contribution < 1.29 is 4.42 Å². The van der Waals surface area contributed by atoms with E-state index in [0.29, 0.717) is 0 Å². The lowest BCUT2D eigenvalue weighted by molar-refractivity contribution is 0.670. The van der Waals surface area contributed by atoms with Crippen LogP contribution in [0.25, 0.3) is 98.2 Å². The van der Waals surface area contributed by atoms with Crippen molar-refractivity contribution in [3.63, 3.8) is 0 Å².